The number of aliphatic hydroxyl groups is 2. The minimum atomic E-state index is -0.766. The van der Waals surface area contributed by atoms with Crippen molar-refractivity contribution in [2.45, 2.75) is 70.5 Å². The van der Waals surface area contributed by atoms with Crippen molar-refractivity contribution in [3.05, 3.63) is 46.4 Å². The number of aliphatic carboxylic acids is 1. The predicted octanol–water partition coefficient (Wildman–Crippen LogP) is 4.79. The van der Waals surface area contributed by atoms with Gasteiger partial charge in [0, 0.05) is 12.8 Å². The summed E-state index contributed by atoms with van der Waals surface area (Å²) >= 11 is 3.43. The summed E-state index contributed by atoms with van der Waals surface area (Å²) in [5.41, 5.74) is 0. The zero-order chi connectivity index (χ0) is 20.5. The lowest BCUT2D eigenvalue weighted by atomic mass is 9.90. The van der Waals surface area contributed by atoms with Gasteiger partial charge >= 0.3 is 5.97 Å². The van der Waals surface area contributed by atoms with Crippen molar-refractivity contribution in [1.82, 2.24) is 0 Å². The van der Waals surface area contributed by atoms with Gasteiger partial charge in [-0.1, -0.05) is 24.3 Å². The van der Waals surface area contributed by atoms with Crippen molar-refractivity contribution < 1.29 is 24.5 Å². The second-order valence-corrected chi connectivity index (χ2v) is 8.43. The number of halogens is 1. The zero-order valence-corrected chi connectivity index (χ0v) is 18.0. The molecule has 28 heavy (non-hydrogen) atoms. The molecule has 0 aliphatic heterocycles. The number of aryl methyl sites for hydroxylation is 2. The average molecular weight is 455 g/mol. The van der Waals surface area contributed by atoms with Crippen LogP contribution < -0.4 is 0 Å². The number of hydrogen-bond donors (Lipinski definition) is 3. The quantitative estimate of drug-likeness (QED) is 0.330. The number of furan rings is 1. The molecule has 1 heterocycles. The molecule has 4 atom stereocenters. The van der Waals surface area contributed by atoms with Crippen LogP contribution in [-0.2, 0) is 11.2 Å². The van der Waals surface area contributed by atoms with E-state index in [0.29, 0.717) is 19.3 Å². The maximum atomic E-state index is 10.5. The van der Waals surface area contributed by atoms with E-state index in [2.05, 4.69) is 22.0 Å². The van der Waals surface area contributed by atoms with Crippen LogP contribution in [0.4, 0.5) is 0 Å². The molecule has 1 aromatic rings. The van der Waals surface area contributed by atoms with Crippen molar-refractivity contribution in [3.63, 3.8) is 0 Å². The van der Waals surface area contributed by atoms with Gasteiger partial charge in [-0.3, -0.25) is 4.79 Å². The molecule has 0 spiro atoms. The fraction of sp³-hybridized carbons (Fsp3) is 0.591. The Morgan fingerprint density at radius 2 is 2.18 bits per heavy atom. The highest BCUT2D eigenvalue weighted by Gasteiger charge is 2.32. The van der Waals surface area contributed by atoms with Gasteiger partial charge in [0.05, 0.1) is 16.7 Å². The molecule has 1 fully saturated rings. The van der Waals surface area contributed by atoms with Crippen LogP contribution in [0.25, 0.3) is 0 Å². The van der Waals surface area contributed by atoms with Gasteiger partial charge in [0.1, 0.15) is 11.5 Å². The Labute approximate surface area is 175 Å². The van der Waals surface area contributed by atoms with E-state index < -0.39 is 12.1 Å². The Bertz CT molecular complexity index is 659. The molecule has 0 amide bonds. The van der Waals surface area contributed by atoms with Crippen molar-refractivity contribution in [3.8, 4) is 0 Å². The number of carboxylic acid groups (broad SMARTS) is 1. The van der Waals surface area contributed by atoms with E-state index in [-0.39, 0.29) is 24.4 Å². The average Bonchev–Trinajstić information content (AvgIpc) is 3.16. The number of unbranched alkanes of at least 4 members (excludes halogenated alkanes) is 1. The van der Waals surface area contributed by atoms with Crippen LogP contribution in [-0.4, -0.2) is 33.5 Å². The van der Waals surface area contributed by atoms with Gasteiger partial charge in [-0.25, -0.2) is 0 Å². The molecule has 1 unspecified atom stereocenters. The van der Waals surface area contributed by atoms with E-state index in [4.69, 9.17) is 9.52 Å². The highest BCUT2D eigenvalue weighted by molar-refractivity contribution is 9.10. The molecule has 6 heteroatoms. The fourth-order valence-corrected chi connectivity index (χ4v) is 4.02. The number of carbonyl (C=O) groups is 1. The Hall–Kier alpha value is -1.37. The number of hydrogen-bond acceptors (Lipinski definition) is 4. The molecule has 0 saturated heterocycles. The van der Waals surface area contributed by atoms with Crippen LogP contribution >= 0.6 is 15.9 Å². The summed E-state index contributed by atoms with van der Waals surface area (Å²) in [7, 11) is 0. The molecule has 0 radical (unpaired) electrons. The van der Waals surface area contributed by atoms with Crippen molar-refractivity contribution in [1.29, 1.82) is 0 Å². The number of allylic oxidation sites excluding steroid dienone is 3. The monoisotopic (exact) mass is 454 g/mol. The standard InChI is InChI=1S/C22H31BrO5/c1-15-20(23)14-18(28-15)12-11-17(24)10-8-16-9-13-21(25)19(16)6-4-2-3-5-7-22(26)27/h2,4,8,10,14,16-17,19,21,24-25H,3,5-7,9,11-13H2,1H3,(H,26,27)/b4-2-,10-8+/t16-,17+,19+,21?/m0/s1. The van der Waals surface area contributed by atoms with Gasteiger partial charge in [-0.05, 0) is 79.3 Å². The molecular formula is C22H31BrO5. The van der Waals surface area contributed by atoms with Crippen molar-refractivity contribution in [2.75, 3.05) is 0 Å². The number of aliphatic hydroxyl groups excluding tert-OH is 2. The number of carboxylic acids is 1. The minimum absolute atomic E-state index is 0.155. The Balaban J connectivity index is 1.76. The van der Waals surface area contributed by atoms with Gasteiger partial charge in [0.25, 0.3) is 0 Å². The molecule has 1 saturated carbocycles. The SMILES string of the molecule is Cc1oc(CC[C@H](O)/C=C/[C@H]2CCC(O)[C@@H]2C/C=C\CCCC(=O)O)cc1Br. The minimum Gasteiger partial charge on any atom is -0.481 e. The van der Waals surface area contributed by atoms with Gasteiger partial charge < -0.3 is 19.7 Å². The van der Waals surface area contributed by atoms with E-state index in [0.717, 1.165) is 41.7 Å². The number of rotatable bonds is 11. The largest absolute Gasteiger partial charge is 0.481 e. The molecule has 5 nitrogen and oxygen atoms in total. The summed E-state index contributed by atoms with van der Waals surface area (Å²) in [6.07, 6.45) is 12.4. The highest BCUT2D eigenvalue weighted by Crippen LogP contribution is 2.36. The van der Waals surface area contributed by atoms with Gasteiger partial charge in [-0.15, -0.1) is 0 Å². The smallest absolute Gasteiger partial charge is 0.303 e. The molecule has 156 valence electrons. The second-order valence-electron chi connectivity index (χ2n) is 7.57. The molecule has 1 aromatic heterocycles. The molecule has 1 aliphatic rings. The maximum absolute atomic E-state index is 10.5. The normalized spacial score (nSPS) is 23.8. The van der Waals surface area contributed by atoms with Crippen LogP contribution in [0.1, 0.15) is 56.5 Å². The fourth-order valence-electron chi connectivity index (χ4n) is 3.69. The third-order valence-electron chi connectivity index (χ3n) is 5.35. The first-order valence-electron chi connectivity index (χ1n) is 10.0. The third-order valence-corrected chi connectivity index (χ3v) is 6.14. The van der Waals surface area contributed by atoms with E-state index >= 15 is 0 Å². The summed E-state index contributed by atoms with van der Waals surface area (Å²) < 4.78 is 6.55. The molecular weight excluding hydrogens is 424 g/mol. The Morgan fingerprint density at radius 1 is 1.39 bits per heavy atom. The van der Waals surface area contributed by atoms with E-state index in [9.17, 15) is 15.0 Å². The Morgan fingerprint density at radius 3 is 2.86 bits per heavy atom. The van der Waals surface area contributed by atoms with E-state index in [1.807, 2.05) is 31.2 Å². The zero-order valence-electron chi connectivity index (χ0n) is 16.4. The maximum Gasteiger partial charge on any atom is 0.303 e. The van der Waals surface area contributed by atoms with Crippen molar-refractivity contribution >= 4 is 21.9 Å². The van der Waals surface area contributed by atoms with Gasteiger partial charge in [0.2, 0.25) is 0 Å². The highest BCUT2D eigenvalue weighted by atomic mass is 79.9. The summed E-state index contributed by atoms with van der Waals surface area (Å²) in [5, 5.41) is 29.1. The topological polar surface area (TPSA) is 90.9 Å². The van der Waals surface area contributed by atoms with Crippen LogP contribution in [0.15, 0.2) is 39.3 Å². The van der Waals surface area contributed by atoms with Crippen LogP contribution in [0.2, 0.25) is 0 Å². The van der Waals surface area contributed by atoms with Gasteiger partial charge in [-0.2, -0.15) is 0 Å². The first-order valence-corrected chi connectivity index (χ1v) is 10.8. The first kappa shape index (κ1) is 22.9. The molecule has 0 bridgehead atoms. The molecule has 1 aliphatic carbocycles. The predicted molar refractivity (Wildman–Crippen MR) is 112 cm³/mol. The second kappa shape index (κ2) is 11.6. The summed E-state index contributed by atoms with van der Waals surface area (Å²) in [5.74, 6) is 1.35. The van der Waals surface area contributed by atoms with Crippen molar-refractivity contribution in [2.24, 2.45) is 11.8 Å². The van der Waals surface area contributed by atoms with E-state index in [1.54, 1.807) is 0 Å². The lowest BCUT2D eigenvalue weighted by Crippen LogP contribution is -2.17. The lowest BCUT2D eigenvalue weighted by molar-refractivity contribution is -0.137. The third kappa shape index (κ3) is 7.57. The molecule has 0 aromatic carbocycles. The summed E-state index contributed by atoms with van der Waals surface area (Å²) in [6, 6.07) is 1.94. The first-order chi connectivity index (χ1) is 13.4. The molecule has 2 rings (SSSR count). The summed E-state index contributed by atoms with van der Waals surface area (Å²) in [4.78, 5) is 10.5. The molecule has 3 N–H and O–H groups in total. The lowest BCUT2D eigenvalue weighted by Gasteiger charge is -2.18. The van der Waals surface area contributed by atoms with Crippen LogP contribution in [0.5, 0.6) is 0 Å². The van der Waals surface area contributed by atoms with Crippen LogP contribution in [0, 0.1) is 18.8 Å². The summed E-state index contributed by atoms with van der Waals surface area (Å²) in [6.45, 7) is 1.90. The van der Waals surface area contributed by atoms with Gasteiger partial charge in [0.15, 0.2) is 0 Å². The Kier molecular flexibility index (Phi) is 9.48. The van der Waals surface area contributed by atoms with Crippen LogP contribution in [0.3, 0.4) is 0 Å². The van der Waals surface area contributed by atoms with E-state index in [1.165, 1.54) is 0 Å².